The van der Waals surface area contributed by atoms with Gasteiger partial charge in [0, 0.05) is 25.7 Å². The zero-order valence-corrected chi connectivity index (χ0v) is 15.2. The zero-order valence-electron chi connectivity index (χ0n) is 15.2. The van der Waals surface area contributed by atoms with E-state index in [9.17, 15) is 5.11 Å². The third-order valence-corrected chi connectivity index (χ3v) is 4.10. The molecule has 2 aromatic carbocycles. The molecule has 0 aliphatic heterocycles. The molecule has 0 aromatic heterocycles. The normalized spacial score (nSPS) is 13.3. The highest BCUT2D eigenvalue weighted by Crippen LogP contribution is 2.18. The van der Waals surface area contributed by atoms with Crippen molar-refractivity contribution in [3.8, 4) is 11.5 Å². The first-order valence-corrected chi connectivity index (χ1v) is 8.51. The molecule has 2 atom stereocenters. The van der Waals surface area contributed by atoms with Gasteiger partial charge in [0.15, 0.2) is 0 Å². The third-order valence-electron chi connectivity index (χ3n) is 4.10. The average Bonchev–Trinajstić information content (AvgIpc) is 2.66. The molecule has 2 rings (SSSR count). The first kappa shape index (κ1) is 19.2. The van der Waals surface area contributed by atoms with Crippen LogP contribution in [0.4, 0.5) is 0 Å². The Morgan fingerprint density at radius 3 is 2.36 bits per heavy atom. The maximum absolute atomic E-state index is 10.2. The second-order valence-electron chi connectivity index (χ2n) is 6.04. The van der Waals surface area contributed by atoms with Gasteiger partial charge in [-0.15, -0.1) is 0 Å². The summed E-state index contributed by atoms with van der Waals surface area (Å²) in [6.07, 6.45) is -0.460. The molecule has 136 valence electrons. The van der Waals surface area contributed by atoms with Crippen LogP contribution in [0.15, 0.2) is 48.5 Å². The summed E-state index contributed by atoms with van der Waals surface area (Å²) in [5, 5.41) is 16.8. The van der Waals surface area contributed by atoms with Crippen molar-refractivity contribution >= 4 is 0 Å². The van der Waals surface area contributed by atoms with Crippen molar-refractivity contribution in [1.82, 2.24) is 10.6 Å². The number of nitrogens with one attached hydrogen (secondary N) is 2. The summed E-state index contributed by atoms with van der Waals surface area (Å²) >= 11 is 0. The summed E-state index contributed by atoms with van der Waals surface area (Å²) in [4.78, 5) is 0. The van der Waals surface area contributed by atoms with Gasteiger partial charge in [0.2, 0.25) is 0 Å². The monoisotopic (exact) mass is 344 g/mol. The Morgan fingerprint density at radius 1 is 0.960 bits per heavy atom. The molecule has 0 radical (unpaired) electrons. The molecule has 0 aliphatic carbocycles. The van der Waals surface area contributed by atoms with E-state index in [1.807, 2.05) is 48.5 Å². The minimum atomic E-state index is -0.460. The van der Waals surface area contributed by atoms with E-state index in [-0.39, 0.29) is 6.04 Å². The standard InChI is InChI=1S/C20H28N2O3/c1-15(17-7-5-9-20(11-17)25-3)22-14-18(23)13-21-12-16-6-4-8-19(10-16)24-2/h4-11,15,18,21-23H,12-14H2,1-3H3. The first-order chi connectivity index (χ1) is 12.1. The molecule has 2 unspecified atom stereocenters. The number of hydrogen-bond acceptors (Lipinski definition) is 5. The highest BCUT2D eigenvalue weighted by atomic mass is 16.5. The molecule has 2 aromatic rings. The van der Waals surface area contributed by atoms with Crippen molar-refractivity contribution in [1.29, 1.82) is 0 Å². The van der Waals surface area contributed by atoms with Crippen molar-refractivity contribution in [3.05, 3.63) is 59.7 Å². The molecule has 5 heteroatoms. The quantitative estimate of drug-likeness (QED) is 0.618. The molecule has 3 N–H and O–H groups in total. The van der Waals surface area contributed by atoms with Crippen LogP contribution in [-0.4, -0.2) is 38.5 Å². The van der Waals surface area contributed by atoms with Crippen LogP contribution in [0.2, 0.25) is 0 Å². The molecule has 0 aliphatic rings. The highest BCUT2D eigenvalue weighted by molar-refractivity contribution is 5.30. The van der Waals surface area contributed by atoms with Gasteiger partial charge in [-0.1, -0.05) is 24.3 Å². The number of aliphatic hydroxyl groups is 1. The Morgan fingerprint density at radius 2 is 1.64 bits per heavy atom. The van der Waals surface area contributed by atoms with E-state index in [1.165, 1.54) is 0 Å². The van der Waals surface area contributed by atoms with E-state index < -0.39 is 6.10 Å². The highest BCUT2D eigenvalue weighted by Gasteiger charge is 2.09. The van der Waals surface area contributed by atoms with E-state index in [1.54, 1.807) is 14.2 Å². The maximum atomic E-state index is 10.2. The van der Waals surface area contributed by atoms with E-state index in [0.29, 0.717) is 19.6 Å². The molecule has 0 heterocycles. The minimum absolute atomic E-state index is 0.142. The van der Waals surface area contributed by atoms with Crippen molar-refractivity contribution in [3.63, 3.8) is 0 Å². The van der Waals surface area contributed by atoms with Crippen LogP contribution in [-0.2, 0) is 6.54 Å². The number of hydrogen-bond donors (Lipinski definition) is 3. The lowest BCUT2D eigenvalue weighted by atomic mass is 10.1. The predicted octanol–water partition coefficient (Wildman–Crippen LogP) is 2.51. The molecule has 0 bridgehead atoms. The number of methoxy groups -OCH3 is 2. The molecular formula is C20H28N2O3. The number of aliphatic hydroxyl groups excluding tert-OH is 1. The number of rotatable bonds is 10. The molecule has 0 saturated heterocycles. The van der Waals surface area contributed by atoms with Gasteiger partial charge in [0.05, 0.1) is 20.3 Å². The molecule has 5 nitrogen and oxygen atoms in total. The van der Waals surface area contributed by atoms with Crippen LogP contribution < -0.4 is 20.1 Å². The van der Waals surface area contributed by atoms with Gasteiger partial charge in [-0.2, -0.15) is 0 Å². The van der Waals surface area contributed by atoms with Gasteiger partial charge in [-0.3, -0.25) is 0 Å². The van der Waals surface area contributed by atoms with Crippen LogP contribution in [0.25, 0.3) is 0 Å². The Balaban J connectivity index is 1.71. The topological polar surface area (TPSA) is 62.8 Å². The van der Waals surface area contributed by atoms with Crippen LogP contribution >= 0.6 is 0 Å². The fourth-order valence-electron chi connectivity index (χ4n) is 2.58. The number of benzene rings is 2. The van der Waals surface area contributed by atoms with Gasteiger partial charge < -0.3 is 25.2 Å². The van der Waals surface area contributed by atoms with E-state index >= 15 is 0 Å². The van der Waals surface area contributed by atoms with Crippen molar-refractivity contribution < 1.29 is 14.6 Å². The summed E-state index contributed by atoms with van der Waals surface area (Å²) in [6.45, 7) is 3.81. The molecule has 0 amide bonds. The molecule has 0 spiro atoms. The SMILES string of the molecule is COc1cccc(CNCC(O)CNC(C)c2cccc(OC)c2)c1. The van der Waals surface area contributed by atoms with E-state index in [4.69, 9.17) is 9.47 Å². The van der Waals surface area contributed by atoms with Crippen molar-refractivity contribution in [2.75, 3.05) is 27.3 Å². The van der Waals surface area contributed by atoms with Gasteiger partial charge in [0.25, 0.3) is 0 Å². The molecule has 0 fully saturated rings. The van der Waals surface area contributed by atoms with Gasteiger partial charge in [0.1, 0.15) is 11.5 Å². The second-order valence-corrected chi connectivity index (χ2v) is 6.04. The van der Waals surface area contributed by atoms with Crippen LogP contribution in [0.5, 0.6) is 11.5 Å². The summed E-state index contributed by atoms with van der Waals surface area (Å²) in [7, 11) is 3.32. The lowest BCUT2D eigenvalue weighted by molar-refractivity contribution is 0.164. The van der Waals surface area contributed by atoms with Crippen molar-refractivity contribution in [2.45, 2.75) is 25.6 Å². The van der Waals surface area contributed by atoms with E-state index in [0.717, 1.165) is 22.6 Å². The van der Waals surface area contributed by atoms with Gasteiger partial charge >= 0.3 is 0 Å². The Labute approximate surface area is 150 Å². The largest absolute Gasteiger partial charge is 0.497 e. The third kappa shape index (κ3) is 6.38. The van der Waals surface area contributed by atoms with Crippen molar-refractivity contribution in [2.24, 2.45) is 0 Å². The predicted molar refractivity (Wildman–Crippen MR) is 100 cm³/mol. The van der Waals surface area contributed by atoms with Crippen LogP contribution in [0.1, 0.15) is 24.1 Å². The minimum Gasteiger partial charge on any atom is -0.497 e. The summed E-state index contributed by atoms with van der Waals surface area (Å²) < 4.78 is 10.5. The zero-order chi connectivity index (χ0) is 18.1. The molecular weight excluding hydrogens is 316 g/mol. The second kappa shape index (κ2) is 10.0. The number of ether oxygens (including phenoxy) is 2. The van der Waals surface area contributed by atoms with Crippen LogP contribution in [0, 0.1) is 0 Å². The maximum Gasteiger partial charge on any atom is 0.119 e. The fourth-order valence-corrected chi connectivity index (χ4v) is 2.58. The smallest absolute Gasteiger partial charge is 0.119 e. The van der Waals surface area contributed by atoms with Gasteiger partial charge in [-0.05, 0) is 42.3 Å². The Hall–Kier alpha value is -2.08. The lowest BCUT2D eigenvalue weighted by Crippen LogP contribution is -2.36. The summed E-state index contributed by atoms with van der Waals surface area (Å²) in [6, 6.07) is 16.0. The molecule has 0 saturated carbocycles. The van der Waals surface area contributed by atoms with E-state index in [2.05, 4.69) is 17.6 Å². The van der Waals surface area contributed by atoms with Crippen LogP contribution in [0.3, 0.4) is 0 Å². The molecule has 25 heavy (non-hydrogen) atoms. The lowest BCUT2D eigenvalue weighted by Gasteiger charge is -2.18. The Bertz CT molecular complexity index is 648. The summed E-state index contributed by atoms with van der Waals surface area (Å²) in [5.74, 6) is 1.68. The Kier molecular flexibility index (Phi) is 7.73. The van der Waals surface area contributed by atoms with Gasteiger partial charge in [-0.25, -0.2) is 0 Å². The first-order valence-electron chi connectivity index (χ1n) is 8.51. The summed E-state index contributed by atoms with van der Waals surface area (Å²) in [5.41, 5.74) is 2.26. The fraction of sp³-hybridized carbons (Fsp3) is 0.400. The average molecular weight is 344 g/mol.